The second kappa shape index (κ2) is 4.61. The van der Waals surface area contributed by atoms with Gasteiger partial charge in [0.25, 0.3) is 0 Å². The van der Waals surface area contributed by atoms with Crippen LogP contribution in [0.25, 0.3) is 0 Å². The third kappa shape index (κ3) is 3.17. The molecule has 1 fully saturated rings. The van der Waals surface area contributed by atoms with Gasteiger partial charge in [0, 0.05) is 30.7 Å². The van der Waals surface area contributed by atoms with Crippen LogP contribution in [0.2, 0.25) is 0 Å². The summed E-state index contributed by atoms with van der Waals surface area (Å²) >= 11 is 0. The lowest BCUT2D eigenvalue weighted by atomic mass is 9.97. The van der Waals surface area contributed by atoms with Gasteiger partial charge in [-0.1, -0.05) is 0 Å². The Morgan fingerprint density at radius 1 is 1.00 bits per heavy atom. The van der Waals surface area contributed by atoms with Gasteiger partial charge in [0.2, 0.25) is 0 Å². The zero-order valence-corrected chi connectivity index (χ0v) is 11.7. The summed E-state index contributed by atoms with van der Waals surface area (Å²) in [5.74, 6) is 0. The number of alkyl halides is 1. The molecule has 1 atom stereocenters. The minimum atomic E-state index is -0.246. The van der Waals surface area contributed by atoms with Crippen molar-refractivity contribution in [3.8, 4) is 0 Å². The summed E-state index contributed by atoms with van der Waals surface area (Å²) in [6.45, 7) is 15.7. The average molecular weight is 230 g/mol. The molecule has 0 bridgehead atoms. The highest BCUT2D eigenvalue weighted by molar-refractivity contribution is 4.92. The fourth-order valence-electron chi connectivity index (χ4n) is 2.48. The molecule has 0 aromatic rings. The van der Waals surface area contributed by atoms with Gasteiger partial charge in [0.1, 0.15) is 6.67 Å². The highest BCUT2D eigenvalue weighted by atomic mass is 19.1. The maximum atomic E-state index is 13.2. The predicted molar refractivity (Wildman–Crippen MR) is 67.5 cm³/mol. The molecule has 1 heterocycles. The standard InChI is InChI=1S/C13H27FN2/c1-12(2,3)15-7-8-16(13(4,5)6)11(9-14)10-15/h11H,7-10H2,1-6H3/t11-/m1/s1. The lowest BCUT2D eigenvalue weighted by molar-refractivity contribution is -0.0295. The van der Waals surface area contributed by atoms with Crippen LogP contribution in [0.15, 0.2) is 0 Å². The number of nitrogens with zero attached hydrogens (tertiary/aromatic N) is 2. The zero-order valence-electron chi connectivity index (χ0n) is 11.7. The lowest BCUT2D eigenvalue weighted by Crippen LogP contribution is -2.63. The van der Waals surface area contributed by atoms with E-state index in [2.05, 4.69) is 51.3 Å². The van der Waals surface area contributed by atoms with Crippen molar-refractivity contribution in [2.75, 3.05) is 26.3 Å². The molecule has 0 aromatic heterocycles. The topological polar surface area (TPSA) is 6.48 Å². The van der Waals surface area contributed by atoms with Crippen LogP contribution in [0.4, 0.5) is 4.39 Å². The summed E-state index contributed by atoms with van der Waals surface area (Å²) in [6.07, 6.45) is 0. The van der Waals surface area contributed by atoms with Crippen LogP contribution >= 0.6 is 0 Å². The smallest absolute Gasteiger partial charge is 0.106 e. The van der Waals surface area contributed by atoms with Gasteiger partial charge in [0.15, 0.2) is 0 Å². The van der Waals surface area contributed by atoms with Crippen LogP contribution in [0.5, 0.6) is 0 Å². The Hall–Kier alpha value is -0.150. The summed E-state index contributed by atoms with van der Waals surface area (Å²) in [5.41, 5.74) is 0.220. The van der Waals surface area contributed by atoms with Crippen molar-refractivity contribution in [2.45, 2.75) is 58.7 Å². The minimum Gasteiger partial charge on any atom is -0.296 e. The summed E-state index contributed by atoms with van der Waals surface area (Å²) in [7, 11) is 0. The van der Waals surface area contributed by atoms with E-state index in [0.29, 0.717) is 0 Å². The van der Waals surface area contributed by atoms with E-state index in [-0.39, 0.29) is 23.8 Å². The van der Waals surface area contributed by atoms with E-state index in [0.717, 1.165) is 19.6 Å². The van der Waals surface area contributed by atoms with Gasteiger partial charge in [0.05, 0.1) is 6.04 Å². The van der Waals surface area contributed by atoms with Crippen LogP contribution in [0.1, 0.15) is 41.5 Å². The van der Waals surface area contributed by atoms with Crippen LogP contribution < -0.4 is 0 Å². The van der Waals surface area contributed by atoms with Crippen LogP contribution in [0.3, 0.4) is 0 Å². The number of hydrogen-bond acceptors (Lipinski definition) is 2. The molecule has 0 saturated carbocycles. The molecule has 0 aromatic carbocycles. The molecular weight excluding hydrogens is 203 g/mol. The largest absolute Gasteiger partial charge is 0.296 e. The predicted octanol–water partition coefficient (Wildman–Crippen LogP) is 2.54. The van der Waals surface area contributed by atoms with Gasteiger partial charge in [-0.2, -0.15) is 0 Å². The Labute approximate surface area is 99.8 Å². The van der Waals surface area contributed by atoms with Crippen molar-refractivity contribution in [3.63, 3.8) is 0 Å². The van der Waals surface area contributed by atoms with Gasteiger partial charge >= 0.3 is 0 Å². The maximum Gasteiger partial charge on any atom is 0.106 e. The summed E-state index contributed by atoms with van der Waals surface area (Å²) in [6, 6.07) is 0.0491. The quantitative estimate of drug-likeness (QED) is 0.683. The fraction of sp³-hybridized carbons (Fsp3) is 1.00. The molecule has 3 heteroatoms. The second-order valence-electron chi connectivity index (χ2n) is 6.79. The molecule has 1 saturated heterocycles. The molecule has 16 heavy (non-hydrogen) atoms. The Balaban J connectivity index is 2.72. The summed E-state index contributed by atoms with van der Waals surface area (Å²) in [5, 5.41) is 0. The van der Waals surface area contributed by atoms with Crippen molar-refractivity contribution >= 4 is 0 Å². The Morgan fingerprint density at radius 2 is 1.56 bits per heavy atom. The minimum absolute atomic E-state index is 0.0491. The SMILES string of the molecule is CC(C)(C)N1CCN(C(C)(C)C)[C@H](CF)C1. The van der Waals surface area contributed by atoms with E-state index in [4.69, 9.17) is 0 Å². The molecule has 1 aliphatic rings. The first-order chi connectivity index (χ1) is 7.16. The monoisotopic (exact) mass is 230 g/mol. The molecule has 0 radical (unpaired) electrons. The normalized spacial score (nSPS) is 26.1. The van der Waals surface area contributed by atoms with E-state index < -0.39 is 0 Å². The van der Waals surface area contributed by atoms with Gasteiger partial charge in [-0.05, 0) is 41.5 Å². The molecule has 2 nitrogen and oxygen atoms in total. The van der Waals surface area contributed by atoms with E-state index in [1.54, 1.807) is 0 Å². The third-order valence-electron chi connectivity index (χ3n) is 3.47. The second-order valence-corrected chi connectivity index (χ2v) is 6.79. The number of piperazine rings is 1. The average Bonchev–Trinajstić information content (AvgIpc) is 2.14. The highest BCUT2D eigenvalue weighted by Gasteiger charge is 2.36. The molecule has 1 rings (SSSR count). The van der Waals surface area contributed by atoms with Crippen LogP contribution in [-0.2, 0) is 0 Å². The van der Waals surface area contributed by atoms with Crippen molar-refractivity contribution in [1.29, 1.82) is 0 Å². The van der Waals surface area contributed by atoms with E-state index in [1.807, 2.05) is 0 Å². The molecule has 1 aliphatic heterocycles. The Bertz CT molecular complexity index is 227. The molecule has 0 amide bonds. The van der Waals surface area contributed by atoms with Crippen LogP contribution in [-0.4, -0.2) is 53.2 Å². The van der Waals surface area contributed by atoms with E-state index >= 15 is 0 Å². The van der Waals surface area contributed by atoms with Gasteiger partial charge in [-0.25, -0.2) is 4.39 Å². The molecule has 0 spiro atoms. The summed E-state index contributed by atoms with van der Waals surface area (Å²) in [4.78, 5) is 4.69. The van der Waals surface area contributed by atoms with Crippen molar-refractivity contribution in [2.24, 2.45) is 0 Å². The lowest BCUT2D eigenvalue weighted by Gasteiger charge is -2.50. The molecule has 0 aliphatic carbocycles. The third-order valence-corrected chi connectivity index (χ3v) is 3.47. The molecule has 0 unspecified atom stereocenters. The van der Waals surface area contributed by atoms with Crippen molar-refractivity contribution in [1.82, 2.24) is 9.80 Å². The Kier molecular flexibility index (Phi) is 4.01. The number of rotatable bonds is 1. The number of halogens is 1. The van der Waals surface area contributed by atoms with Gasteiger partial charge in [-0.15, -0.1) is 0 Å². The fourth-order valence-corrected chi connectivity index (χ4v) is 2.48. The van der Waals surface area contributed by atoms with Crippen molar-refractivity contribution < 1.29 is 4.39 Å². The molecular formula is C13H27FN2. The number of hydrogen-bond donors (Lipinski definition) is 0. The van der Waals surface area contributed by atoms with Gasteiger partial charge in [-0.3, -0.25) is 9.80 Å². The van der Waals surface area contributed by atoms with Crippen molar-refractivity contribution in [3.05, 3.63) is 0 Å². The maximum absolute atomic E-state index is 13.2. The van der Waals surface area contributed by atoms with Gasteiger partial charge < -0.3 is 0 Å². The first kappa shape index (κ1) is 13.9. The highest BCUT2D eigenvalue weighted by Crippen LogP contribution is 2.25. The molecule has 0 N–H and O–H groups in total. The van der Waals surface area contributed by atoms with E-state index in [1.165, 1.54) is 0 Å². The summed E-state index contributed by atoms with van der Waals surface area (Å²) < 4.78 is 13.2. The molecule has 96 valence electrons. The van der Waals surface area contributed by atoms with E-state index in [9.17, 15) is 4.39 Å². The first-order valence-electron chi connectivity index (χ1n) is 6.24. The zero-order chi connectivity index (χ0) is 12.6. The van der Waals surface area contributed by atoms with Crippen LogP contribution in [0, 0.1) is 0 Å². The Morgan fingerprint density at radius 3 is 1.94 bits per heavy atom. The first-order valence-corrected chi connectivity index (χ1v) is 6.24.